The predicted octanol–water partition coefficient (Wildman–Crippen LogP) is 5.75. The largest absolute Gasteiger partial charge is 0.490 e. The zero-order valence-corrected chi connectivity index (χ0v) is 18.4. The summed E-state index contributed by atoms with van der Waals surface area (Å²) in [5, 5.41) is 0.151. The topological polar surface area (TPSA) is 55.8 Å². The van der Waals surface area contributed by atoms with Gasteiger partial charge in [0.15, 0.2) is 11.5 Å². The number of carbonyl (C=O) groups excluding carboxylic acids is 2. The Kier molecular flexibility index (Phi) is 6.91. The summed E-state index contributed by atoms with van der Waals surface area (Å²) in [6, 6.07) is 10.0. The molecule has 1 saturated heterocycles. The maximum atomic E-state index is 12.8. The van der Waals surface area contributed by atoms with Crippen LogP contribution in [0.1, 0.15) is 12.5 Å². The molecule has 0 unspecified atom stereocenters. The van der Waals surface area contributed by atoms with Gasteiger partial charge in [0.05, 0.1) is 21.7 Å². The Morgan fingerprint density at radius 1 is 1.24 bits per heavy atom. The lowest BCUT2D eigenvalue weighted by atomic mass is 10.1. The average molecular weight is 493 g/mol. The van der Waals surface area contributed by atoms with E-state index in [1.54, 1.807) is 42.5 Å². The van der Waals surface area contributed by atoms with Crippen LogP contribution < -0.4 is 14.4 Å². The van der Waals surface area contributed by atoms with Gasteiger partial charge in [-0.3, -0.25) is 9.59 Å². The zero-order valence-electron chi connectivity index (χ0n) is 15.3. The number of amides is 2. The second-order valence-corrected chi connectivity index (χ2v) is 8.03. The van der Waals surface area contributed by atoms with Crippen LogP contribution in [0.15, 0.2) is 45.8 Å². The molecule has 0 radical (unpaired) electrons. The molecule has 3 rings (SSSR count). The molecule has 29 heavy (non-hydrogen) atoms. The van der Waals surface area contributed by atoms with Crippen molar-refractivity contribution in [3.63, 3.8) is 0 Å². The van der Waals surface area contributed by atoms with Crippen LogP contribution in [0.2, 0.25) is 5.02 Å². The minimum absolute atomic E-state index is 0.0952. The Bertz CT molecular complexity index is 1030. The molecule has 1 heterocycles. The van der Waals surface area contributed by atoms with E-state index in [9.17, 15) is 9.59 Å². The number of benzene rings is 2. The first-order valence-corrected chi connectivity index (χ1v) is 10.5. The first kappa shape index (κ1) is 21.3. The maximum absolute atomic E-state index is 12.8. The summed E-state index contributed by atoms with van der Waals surface area (Å²) in [5.41, 5.74) is 1.14. The number of rotatable bonds is 6. The van der Waals surface area contributed by atoms with Crippen molar-refractivity contribution in [2.24, 2.45) is 0 Å². The number of hydrogen-bond acceptors (Lipinski definition) is 5. The summed E-state index contributed by atoms with van der Waals surface area (Å²) in [7, 11) is 0. The van der Waals surface area contributed by atoms with Gasteiger partial charge in [-0.05, 0) is 82.7 Å². The van der Waals surface area contributed by atoms with E-state index in [4.69, 9.17) is 27.5 Å². The highest BCUT2D eigenvalue weighted by atomic mass is 79.9. The Morgan fingerprint density at radius 2 is 1.97 bits per heavy atom. The number of carbonyl (C=O) groups is 2. The number of nitrogens with zero attached hydrogens (tertiary/aromatic N) is 1. The van der Waals surface area contributed by atoms with E-state index in [1.165, 1.54) is 0 Å². The van der Waals surface area contributed by atoms with Gasteiger partial charge in [-0.15, -0.1) is 6.42 Å². The molecule has 0 saturated carbocycles. The minimum atomic E-state index is -0.399. The smallest absolute Gasteiger partial charge is 0.298 e. The predicted molar refractivity (Wildman–Crippen MR) is 120 cm³/mol. The number of terminal acetylenes is 1. The van der Waals surface area contributed by atoms with Crippen LogP contribution in [0, 0.1) is 12.3 Å². The van der Waals surface area contributed by atoms with Crippen molar-refractivity contribution >= 4 is 62.2 Å². The van der Waals surface area contributed by atoms with E-state index in [0.717, 1.165) is 16.7 Å². The lowest BCUT2D eigenvalue weighted by molar-refractivity contribution is -0.113. The first-order chi connectivity index (χ1) is 13.9. The standard InChI is InChI=1S/C21H15BrClNO4S/c1-3-9-28-19-16(22)10-13(11-17(19)27-4-2)12-18-20(25)24(21(26)29-18)15-7-5-14(23)6-8-15/h1,5-8,10-12H,4,9H2,2H3/b18-12+. The lowest BCUT2D eigenvalue weighted by Gasteiger charge is -2.13. The molecule has 0 aromatic heterocycles. The Morgan fingerprint density at radius 3 is 2.62 bits per heavy atom. The Balaban J connectivity index is 1.93. The molecule has 8 heteroatoms. The van der Waals surface area contributed by atoms with E-state index in [-0.39, 0.29) is 11.8 Å². The van der Waals surface area contributed by atoms with Gasteiger partial charge in [-0.1, -0.05) is 17.5 Å². The maximum Gasteiger partial charge on any atom is 0.298 e. The lowest BCUT2D eigenvalue weighted by Crippen LogP contribution is -2.27. The fourth-order valence-electron chi connectivity index (χ4n) is 2.62. The Hall–Kier alpha value is -2.40. The number of hydrogen-bond donors (Lipinski definition) is 0. The summed E-state index contributed by atoms with van der Waals surface area (Å²) < 4.78 is 11.8. The summed E-state index contributed by atoms with van der Waals surface area (Å²) in [6.45, 7) is 2.37. The molecule has 2 aromatic carbocycles. The van der Waals surface area contributed by atoms with Crippen molar-refractivity contribution in [2.45, 2.75) is 6.92 Å². The normalized spacial score (nSPS) is 15.0. The van der Waals surface area contributed by atoms with Crippen molar-refractivity contribution in [2.75, 3.05) is 18.1 Å². The molecule has 1 aliphatic rings. The van der Waals surface area contributed by atoms with Crippen molar-refractivity contribution in [1.82, 2.24) is 0 Å². The highest BCUT2D eigenvalue weighted by Crippen LogP contribution is 2.40. The third kappa shape index (κ3) is 4.78. The Labute approximate surface area is 186 Å². The summed E-state index contributed by atoms with van der Waals surface area (Å²) in [5.74, 6) is 2.98. The summed E-state index contributed by atoms with van der Waals surface area (Å²) >= 11 is 10.2. The van der Waals surface area contributed by atoms with Gasteiger partial charge in [-0.2, -0.15) is 0 Å². The quantitative estimate of drug-likeness (QED) is 0.379. The van der Waals surface area contributed by atoms with E-state index >= 15 is 0 Å². The van der Waals surface area contributed by atoms with E-state index < -0.39 is 5.91 Å². The summed E-state index contributed by atoms with van der Waals surface area (Å²) in [4.78, 5) is 26.6. The fraction of sp³-hybridized carbons (Fsp3) is 0.143. The molecule has 1 aliphatic heterocycles. The second kappa shape index (κ2) is 9.40. The minimum Gasteiger partial charge on any atom is -0.490 e. The van der Waals surface area contributed by atoms with Crippen LogP contribution in [0.25, 0.3) is 6.08 Å². The van der Waals surface area contributed by atoms with E-state index in [0.29, 0.717) is 43.8 Å². The highest BCUT2D eigenvalue weighted by molar-refractivity contribution is 9.10. The molecular formula is C21H15BrClNO4S. The third-order valence-corrected chi connectivity index (χ3v) is 5.52. The number of anilines is 1. The van der Waals surface area contributed by atoms with Crippen molar-refractivity contribution in [1.29, 1.82) is 0 Å². The van der Waals surface area contributed by atoms with Gasteiger partial charge >= 0.3 is 0 Å². The van der Waals surface area contributed by atoms with Gasteiger partial charge in [0.2, 0.25) is 0 Å². The molecule has 148 valence electrons. The average Bonchev–Trinajstić information content (AvgIpc) is 2.95. The molecule has 2 aromatic rings. The molecule has 2 amide bonds. The van der Waals surface area contributed by atoms with Crippen LogP contribution in [0.3, 0.4) is 0 Å². The molecular weight excluding hydrogens is 478 g/mol. The third-order valence-electron chi connectivity index (χ3n) is 3.81. The second-order valence-electron chi connectivity index (χ2n) is 5.75. The van der Waals surface area contributed by atoms with Crippen LogP contribution >= 0.6 is 39.3 Å². The number of imide groups is 1. The number of thioether (sulfide) groups is 1. The van der Waals surface area contributed by atoms with Gasteiger partial charge in [0, 0.05) is 5.02 Å². The van der Waals surface area contributed by atoms with Gasteiger partial charge in [-0.25, -0.2) is 4.90 Å². The molecule has 0 spiro atoms. The molecule has 1 fully saturated rings. The first-order valence-electron chi connectivity index (χ1n) is 8.50. The molecule has 5 nitrogen and oxygen atoms in total. The monoisotopic (exact) mass is 491 g/mol. The fourth-order valence-corrected chi connectivity index (χ4v) is 4.16. The number of ether oxygens (including phenoxy) is 2. The van der Waals surface area contributed by atoms with Crippen molar-refractivity contribution < 1.29 is 19.1 Å². The summed E-state index contributed by atoms with van der Waals surface area (Å²) in [6.07, 6.45) is 6.90. The van der Waals surface area contributed by atoms with E-state index in [2.05, 4.69) is 21.9 Å². The SMILES string of the molecule is C#CCOc1c(Br)cc(/C=C2/SC(=O)N(c3ccc(Cl)cc3)C2=O)cc1OCC. The van der Waals surface area contributed by atoms with Gasteiger partial charge in [0.25, 0.3) is 11.1 Å². The number of halogens is 2. The highest BCUT2D eigenvalue weighted by Gasteiger charge is 2.36. The van der Waals surface area contributed by atoms with Crippen LogP contribution in [0.4, 0.5) is 10.5 Å². The molecule has 0 N–H and O–H groups in total. The van der Waals surface area contributed by atoms with Gasteiger partial charge in [0.1, 0.15) is 6.61 Å². The van der Waals surface area contributed by atoms with Crippen LogP contribution in [-0.2, 0) is 4.79 Å². The van der Waals surface area contributed by atoms with Gasteiger partial charge < -0.3 is 9.47 Å². The van der Waals surface area contributed by atoms with Crippen LogP contribution in [0.5, 0.6) is 11.5 Å². The zero-order chi connectivity index (χ0) is 21.0. The van der Waals surface area contributed by atoms with Crippen molar-refractivity contribution in [3.8, 4) is 23.8 Å². The van der Waals surface area contributed by atoms with Crippen molar-refractivity contribution in [3.05, 3.63) is 56.4 Å². The van der Waals surface area contributed by atoms with E-state index in [1.807, 2.05) is 6.92 Å². The molecule has 0 atom stereocenters. The molecule has 0 bridgehead atoms. The van der Waals surface area contributed by atoms with Crippen LogP contribution in [-0.4, -0.2) is 24.4 Å². The molecule has 0 aliphatic carbocycles.